The third-order valence-electron chi connectivity index (χ3n) is 3.28. The molecule has 1 saturated heterocycles. The van der Waals surface area contributed by atoms with Gasteiger partial charge in [-0.05, 0) is 6.07 Å². The van der Waals surface area contributed by atoms with Crippen molar-refractivity contribution in [1.82, 2.24) is 9.97 Å². The van der Waals surface area contributed by atoms with Crippen molar-refractivity contribution >= 4 is 5.82 Å². The molecule has 1 aliphatic heterocycles. The Hall–Kier alpha value is -1.56. The summed E-state index contributed by atoms with van der Waals surface area (Å²) in [6, 6.07) is 1.36. The first-order valence-electron chi connectivity index (χ1n) is 6.23. The Balaban J connectivity index is 2.30. The van der Waals surface area contributed by atoms with Gasteiger partial charge in [0.25, 0.3) is 0 Å². The van der Waals surface area contributed by atoms with E-state index in [2.05, 4.69) is 9.97 Å². The second kappa shape index (κ2) is 6.47. The second-order valence-electron chi connectivity index (χ2n) is 4.58. The van der Waals surface area contributed by atoms with Gasteiger partial charge in [0.1, 0.15) is 37.0 Å². The molecule has 21 heavy (non-hydrogen) atoms. The first kappa shape index (κ1) is 15.8. The number of H-pyrrole nitrogens is 1. The number of aromatic nitrogens is 2. The Morgan fingerprint density at radius 1 is 1.24 bits per heavy atom. The normalized spacial score (nSPS) is 32.9. The molecule has 10 nitrogen and oxygen atoms in total. The molecule has 10 heteroatoms. The summed E-state index contributed by atoms with van der Waals surface area (Å²) in [4.78, 5) is 18.1. The van der Waals surface area contributed by atoms with E-state index in [1.54, 1.807) is 0 Å². The highest BCUT2D eigenvalue weighted by atomic mass is 16.6. The minimum absolute atomic E-state index is 0.00517. The van der Waals surface area contributed by atoms with E-state index in [1.165, 1.54) is 12.3 Å². The van der Waals surface area contributed by atoms with Gasteiger partial charge in [-0.3, -0.25) is 0 Å². The van der Waals surface area contributed by atoms with Gasteiger partial charge in [-0.15, -0.1) is 0 Å². The van der Waals surface area contributed by atoms with Crippen molar-refractivity contribution in [1.29, 1.82) is 0 Å². The van der Waals surface area contributed by atoms with Gasteiger partial charge in [-0.1, -0.05) is 0 Å². The van der Waals surface area contributed by atoms with Crippen molar-refractivity contribution < 1.29 is 30.3 Å². The molecule has 0 saturated carbocycles. The molecule has 0 aliphatic carbocycles. The lowest BCUT2D eigenvalue weighted by Crippen LogP contribution is -2.63. The SMILES string of the molecule is O=c1nc(N(CO)[C@@H]2O[C@H](CO)[C@@H](O)[C@H](O)[C@H]2O)cc[nH]1. The molecule has 0 spiro atoms. The predicted molar refractivity (Wildman–Crippen MR) is 68.2 cm³/mol. The number of nitrogens with zero attached hydrogens (tertiary/aromatic N) is 2. The summed E-state index contributed by atoms with van der Waals surface area (Å²) in [5.74, 6) is 0.00517. The molecule has 0 bridgehead atoms. The minimum Gasteiger partial charge on any atom is -0.394 e. The Kier molecular flexibility index (Phi) is 4.88. The van der Waals surface area contributed by atoms with Crippen LogP contribution in [0.1, 0.15) is 0 Å². The maximum Gasteiger partial charge on any atom is 0.346 e. The van der Waals surface area contributed by atoms with E-state index < -0.39 is 49.7 Å². The van der Waals surface area contributed by atoms with Crippen molar-refractivity contribution in [3.63, 3.8) is 0 Å². The average Bonchev–Trinajstić information content (AvgIpc) is 2.48. The maximum atomic E-state index is 11.2. The second-order valence-corrected chi connectivity index (χ2v) is 4.58. The lowest BCUT2D eigenvalue weighted by atomic mass is 9.98. The van der Waals surface area contributed by atoms with Crippen LogP contribution in [0.25, 0.3) is 0 Å². The van der Waals surface area contributed by atoms with Gasteiger partial charge >= 0.3 is 5.69 Å². The molecule has 1 fully saturated rings. The summed E-state index contributed by atoms with van der Waals surface area (Å²) in [5, 5.41) is 47.9. The Labute approximate surface area is 118 Å². The lowest BCUT2D eigenvalue weighted by molar-refractivity contribution is -0.230. The lowest BCUT2D eigenvalue weighted by Gasteiger charge is -2.44. The van der Waals surface area contributed by atoms with Crippen LogP contribution in [0.3, 0.4) is 0 Å². The van der Waals surface area contributed by atoms with Gasteiger partial charge in [-0.25, -0.2) is 4.79 Å². The van der Waals surface area contributed by atoms with E-state index >= 15 is 0 Å². The highest BCUT2D eigenvalue weighted by molar-refractivity contribution is 5.37. The molecule has 118 valence electrons. The van der Waals surface area contributed by atoms with Crippen molar-refractivity contribution in [2.45, 2.75) is 30.6 Å². The maximum absolute atomic E-state index is 11.2. The highest BCUT2D eigenvalue weighted by Crippen LogP contribution is 2.25. The first-order valence-corrected chi connectivity index (χ1v) is 6.23. The van der Waals surface area contributed by atoms with Crippen LogP contribution in [-0.4, -0.2) is 79.5 Å². The zero-order chi connectivity index (χ0) is 15.6. The Bertz CT molecular complexity index is 523. The van der Waals surface area contributed by atoms with Gasteiger partial charge in [0.2, 0.25) is 0 Å². The fourth-order valence-electron chi connectivity index (χ4n) is 2.14. The van der Waals surface area contributed by atoms with Crippen LogP contribution < -0.4 is 10.6 Å². The summed E-state index contributed by atoms with van der Waals surface area (Å²) in [7, 11) is 0. The topological polar surface area (TPSA) is 159 Å². The summed E-state index contributed by atoms with van der Waals surface area (Å²) in [6.07, 6.45) is -5.79. The van der Waals surface area contributed by atoms with Gasteiger partial charge < -0.3 is 40.2 Å². The van der Waals surface area contributed by atoms with Crippen LogP contribution >= 0.6 is 0 Å². The number of aromatic amines is 1. The Morgan fingerprint density at radius 2 is 1.95 bits per heavy atom. The van der Waals surface area contributed by atoms with Crippen LogP contribution in [0.15, 0.2) is 17.1 Å². The number of nitrogens with one attached hydrogen (secondary N) is 1. The molecule has 0 aromatic carbocycles. The first-order chi connectivity index (χ1) is 9.99. The molecule has 0 radical (unpaired) electrons. The van der Waals surface area contributed by atoms with Gasteiger partial charge in [-0.2, -0.15) is 4.98 Å². The molecule has 0 amide bonds. The molecule has 5 atom stereocenters. The van der Waals surface area contributed by atoms with Gasteiger partial charge in [0, 0.05) is 6.20 Å². The molecule has 6 N–H and O–H groups in total. The van der Waals surface area contributed by atoms with E-state index in [1.807, 2.05) is 0 Å². The van der Waals surface area contributed by atoms with E-state index in [4.69, 9.17) is 9.84 Å². The summed E-state index contributed by atoms with van der Waals surface area (Å²) in [5.41, 5.74) is -0.671. The summed E-state index contributed by atoms with van der Waals surface area (Å²) in [6.45, 7) is -1.26. The third kappa shape index (κ3) is 3.05. The molecular formula is C11H17N3O7. The number of hydrogen-bond acceptors (Lipinski definition) is 9. The molecule has 1 aromatic rings. The minimum atomic E-state index is -1.59. The van der Waals surface area contributed by atoms with Gasteiger partial charge in [0.05, 0.1) is 6.61 Å². The zero-order valence-corrected chi connectivity index (χ0v) is 10.9. The molecule has 1 aliphatic rings. The van der Waals surface area contributed by atoms with Crippen molar-refractivity contribution in [3.8, 4) is 0 Å². The average molecular weight is 303 g/mol. The van der Waals surface area contributed by atoms with E-state index in [0.717, 1.165) is 4.90 Å². The summed E-state index contributed by atoms with van der Waals surface area (Å²) >= 11 is 0. The summed E-state index contributed by atoms with van der Waals surface area (Å²) < 4.78 is 5.28. The Morgan fingerprint density at radius 3 is 2.52 bits per heavy atom. The van der Waals surface area contributed by atoms with E-state index in [9.17, 15) is 25.2 Å². The fraction of sp³-hybridized carbons (Fsp3) is 0.636. The molecule has 0 unspecified atom stereocenters. The smallest absolute Gasteiger partial charge is 0.346 e. The van der Waals surface area contributed by atoms with Crippen molar-refractivity contribution in [2.24, 2.45) is 0 Å². The largest absolute Gasteiger partial charge is 0.394 e. The number of aliphatic hydroxyl groups excluding tert-OH is 5. The van der Waals surface area contributed by atoms with Crippen LogP contribution in [0.4, 0.5) is 5.82 Å². The number of anilines is 1. The zero-order valence-electron chi connectivity index (χ0n) is 10.9. The molecular weight excluding hydrogens is 286 g/mol. The third-order valence-corrected chi connectivity index (χ3v) is 3.28. The number of rotatable bonds is 4. The molecule has 1 aromatic heterocycles. The van der Waals surface area contributed by atoms with Gasteiger partial charge in [0.15, 0.2) is 6.23 Å². The number of hydrogen-bond donors (Lipinski definition) is 6. The van der Waals surface area contributed by atoms with Crippen LogP contribution in [0.5, 0.6) is 0 Å². The standard InChI is InChI=1S/C11H17N3O7/c15-3-5-7(17)8(18)9(19)10(21-5)14(4-16)6-1-2-12-11(20)13-6/h1-2,5,7-10,15-19H,3-4H2,(H,12,13,20)/t5-,7-,8+,9-,10-/m1/s1. The quantitative estimate of drug-likeness (QED) is 0.308. The van der Waals surface area contributed by atoms with Crippen molar-refractivity contribution in [3.05, 3.63) is 22.7 Å². The monoisotopic (exact) mass is 303 g/mol. The molecule has 2 heterocycles. The number of aliphatic hydroxyl groups is 5. The van der Waals surface area contributed by atoms with E-state index in [0.29, 0.717) is 0 Å². The predicted octanol–water partition coefficient (Wildman–Crippen LogP) is -3.67. The van der Waals surface area contributed by atoms with Crippen LogP contribution in [0, 0.1) is 0 Å². The number of ether oxygens (including phenoxy) is 1. The molecule has 2 rings (SSSR count). The van der Waals surface area contributed by atoms with Crippen molar-refractivity contribution in [2.75, 3.05) is 18.2 Å². The fourth-order valence-corrected chi connectivity index (χ4v) is 2.14. The van der Waals surface area contributed by atoms with Crippen LogP contribution in [0.2, 0.25) is 0 Å². The van der Waals surface area contributed by atoms with E-state index in [-0.39, 0.29) is 5.82 Å². The highest BCUT2D eigenvalue weighted by Gasteiger charge is 2.46. The van der Waals surface area contributed by atoms with Crippen LogP contribution in [-0.2, 0) is 4.74 Å².